The van der Waals surface area contributed by atoms with E-state index in [1.807, 2.05) is 0 Å². The molecule has 2 saturated heterocycles. The summed E-state index contributed by atoms with van der Waals surface area (Å²) in [5.74, 6) is 0. The molecule has 0 aromatic heterocycles. The number of nitrogens with zero attached hydrogens (tertiary/aromatic N) is 2. The van der Waals surface area contributed by atoms with E-state index in [4.69, 9.17) is 4.74 Å². The fourth-order valence-electron chi connectivity index (χ4n) is 2.56. The van der Waals surface area contributed by atoms with Crippen molar-refractivity contribution in [1.29, 1.82) is 0 Å². The maximum Gasteiger partial charge on any atom is 0.0594 e. The molecule has 0 bridgehead atoms. The first-order valence-corrected chi connectivity index (χ1v) is 6.43. The van der Waals surface area contributed by atoms with E-state index in [1.54, 1.807) is 0 Å². The van der Waals surface area contributed by atoms with Gasteiger partial charge in [-0.05, 0) is 20.4 Å². The van der Waals surface area contributed by atoms with Crippen LogP contribution in [0.5, 0.6) is 0 Å². The third-order valence-corrected chi connectivity index (χ3v) is 3.99. The third-order valence-electron chi connectivity index (χ3n) is 3.99. The molecule has 1 unspecified atom stereocenters. The molecule has 0 aromatic rings. The summed E-state index contributed by atoms with van der Waals surface area (Å²) in [6.45, 7) is 11.2. The summed E-state index contributed by atoms with van der Waals surface area (Å²) >= 11 is 0. The van der Waals surface area contributed by atoms with Gasteiger partial charge in [-0.25, -0.2) is 0 Å². The number of likely N-dealkylation sites (N-methyl/N-ethyl adjacent to an activating group) is 1. The Hall–Kier alpha value is -0.160. The monoisotopic (exact) mass is 227 g/mol. The summed E-state index contributed by atoms with van der Waals surface area (Å²) in [6, 6.07) is 0. The molecule has 0 amide bonds. The maximum atomic E-state index is 5.36. The van der Waals surface area contributed by atoms with Crippen LogP contribution in [0.15, 0.2) is 0 Å². The summed E-state index contributed by atoms with van der Waals surface area (Å²) in [7, 11) is 2.07. The van der Waals surface area contributed by atoms with Crippen molar-refractivity contribution in [2.45, 2.75) is 18.9 Å². The Bertz CT molecular complexity index is 218. The molecule has 4 heteroatoms. The first kappa shape index (κ1) is 12.3. The van der Waals surface area contributed by atoms with Gasteiger partial charge in [-0.1, -0.05) is 0 Å². The molecular weight excluding hydrogens is 202 g/mol. The molecule has 2 aliphatic rings. The molecule has 2 heterocycles. The van der Waals surface area contributed by atoms with Crippen LogP contribution in [0.1, 0.15) is 13.3 Å². The van der Waals surface area contributed by atoms with Crippen LogP contribution in [0.25, 0.3) is 0 Å². The maximum absolute atomic E-state index is 5.36. The summed E-state index contributed by atoms with van der Waals surface area (Å²) < 4.78 is 5.36. The molecule has 1 atom stereocenters. The number of hydrogen-bond donors (Lipinski definition) is 1. The number of nitrogens with one attached hydrogen (secondary N) is 1. The molecule has 0 saturated carbocycles. The van der Waals surface area contributed by atoms with Crippen molar-refractivity contribution >= 4 is 0 Å². The van der Waals surface area contributed by atoms with Crippen molar-refractivity contribution in [2.75, 3.05) is 59.5 Å². The van der Waals surface area contributed by atoms with Crippen LogP contribution in [0.2, 0.25) is 0 Å². The highest BCUT2D eigenvalue weighted by Crippen LogP contribution is 2.19. The molecule has 2 fully saturated rings. The van der Waals surface area contributed by atoms with Gasteiger partial charge in [0.25, 0.3) is 0 Å². The molecule has 16 heavy (non-hydrogen) atoms. The zero-order valence-corrected chi connectivity index (χ0v) is 10.7. The lowest BCUT2D eigenvalue weighted by Gasteiger charge is -2.29. The standard InChI is InChI=1S/C12H25N3O/c1-12(13-2)3-4-15(11-12)6-5-14-7-9-16-10-8-14/h13H,3-11H2,1-2H3. The van der Waals surface area contributed by atoms with Crippen LogP contribution in [0.3, 0.4) is 0 Å². The zero-order chi connectivity index (χ0) is 11.4. The van der Waals surface area contributed by atoms with Crippen molar-refractivity contribution in [3.63, 3.8) is 0 Å². The van der Waals surface area contributed by atoms with Gasteiger partial charge in [0, 0.05) is 44.8 Å². The largest absolute Gasteiger partial charge is 0.379 e. The van der Waals surface area contributed by atoms with Crippen molar-refractivity contribution in [2.24, 2.45) is 0 Å². The van der Waals surface area contributed by atoms with E-state index in [1.165, 1.54) is 32.6 Å². The van der Waals surface area contributed by atoms with Crippen molar-refractivity contribution in [3.05, 3.63) is 0 Å². The van der Waals surface area contributed by atoms with Gasteiger partial charge < -0.3 is 15.0 Å². The van der Waals surface area contributed by atoms with Gasteiger partial charge in [0.05, 0.1) is 13.2 Å². The van der Waals surface area contributed by atoms with E-state index in [-0.39, 0.29) is 0 Å². The van der Waals surface area contributed by atoms with Gasteiger partial charge in [-0.2, -0.15) is 0 Å². The normalized spacial score (nSPS) is 33.4. The summed E-state index contributed by atoms with van der Waals surface area (Å²) in [4.78, 5) is 5.09. The first-order chi connectivity index (χ1) is 7.72. The van der Waals surface area contributed by atoms with Crippen LogP contribution in [0, 0.1) is 0 Å². The number of morpholine rings is 1. The van der Waals surface area contributed by atoms with Gasteiger partial charge in [0.2, 0.25) is 0 Å². The lowest BCUT2D eigenvalue weighted by Crippen LogP contribution is -2.44. The number of ether oxygens (including phenoxy) is 1. The second-order valence-corrected chi connectivity index (χ2v) is 5.29. The zero-order valence-electron chi connectivity index (χ0n) is 10.7. The molecule has 94 valence electrons. The molecule has 4 nitrogen and oxygen atoms in total. The predicted octanol–water partition coefficient (Wildman–Crippen LogP) is 0.00240. The van der Waals surface area contributed by atoms with E-state index in [0.29, 0.717) is 5.54 Å². The van der Waals surface area contributed by atoms with Crippen LogP contribution in [0.4, 0.5) is 0 Å². The quantitative estimate of drug-likeness (QED) is 0.732. The molecule has 1 N–H and O–H groups in total. The highest BCUT2D eigenvalue weighted by Gasteiger charge is 2.31. The van der Waals surface area contributed by atoms with E-state index in [0.717, 1.165) is 26.3 Å². The summed E-state index contributed by atoms with van der Waals surface area (Å²) in [6.07, 6.45) is 1.27. The first-order valence-electron chi connectivity index (χ1n) is 6.43. The Morgan fingerprint density at radius 2 is 1.81 bits per heavy atom. The van der Waals surface area contributed by atoms with Crippen LogP contribution in [-0.2, 0) is 4.74 Å². The smallest absolute Gasteiger partial charge is 0.0594 e. The fourth-order valence-corrected chi connectivity index (χ4v) is 2.56. The van der Waals surface area contributed by atoms with E-state index in [2.05, 4.69) is 29.1 Å². The minimum absolute atomic E-state index is 0.338. The lowest BCUT2D eigenvalue weighted by molar-refractivity contribution is 0.0341. The summed E-state index contributed by atoms with van der Waals surface area (Å²) in [5.41, 5.74) is 0.338. The number of rotatable bonds is 4. The van der Waals surface area contributed by atoms with Crippen LogP contribution in [-0.4, -0.2) is 74.9 Å². The van der Waals surface area contributed by atoms with E-state index >= 15 is 0 Å². The van der Waals surface area contributed by atoms with Gasteiger partial charge in [-0.3, -0.25) is 4.90 Å². The Morgan fingerprint density at radius 1 is 1.12 bits per heavy atom. The molecular formula is C12H25N3O. The van der Waals surface area contributed by atoms with Gasteiger partial charge in [-0.15, -0.1) is 0 Å². The minimum Gasteiger partial charge on any atom is -0.379 e. The second kappa shape index (κ2) is 5.45. The van der Waals surface area contributed by atoms with E-state index in [9.17, 15) is 0 Å². The van der Waals surface area contributed by atoms with Crippen LogP contribution < -0.4 is 5.32 Å². The number of hydrogen-bond acceptors (Lipinski definition) is 4. The molecule has 2 rings (SSSR count). The Balaban J connectivity index is 1.67. The molecule has 0 aliphatic carbocycles. The third kappa shape index (κ3) is 3.17. The average molecular weight is 227 g/mol. The fraction of sp³-hybridized carbons (Fsp3) is 1.00. The Morgan fingerprint density at radius 3 is 2.44 bits per heavy atom. The molecule has 2 aliphatic heterocycles. The SMILES string of the molecule is CNC1(C)CCN(CCN2CCOCC2)C1. The van der Waals surface area contributed by atoms with Crippen molar-refractivity contribution in [3.8, 4) is 0 Å². The van der Waals surface area contributed by atoms with Crippen LogP contribution >= 0.6 is 0 Å². The van der Waals surface area contributed by atoms with E-state index < -0.39 is 0 Å². The Labute approximate surface area is 98.9 Å². The summed E-state index contributed by atoms with van der Waals surface area (Å²) in [5, 5.41) is 3.43. The minimum atomic E-state index is 0.338. The molecule has 0 aromatic carbocycles. The van der Waals surface area contributed by atoms with Gasteiger partial charge in [0.15, 0.2) is 0 Å². The lowest BCUT2D eigenvalue weighted by atomic mass is 10.0. The second-order valence-electron chi connectivity index (χ2n) is 5.29. The highest BCUT2D eigenvalue weighted by molar-refractivity contribution is 4.92. The van der Waals surface area contributed by atoms with Crippen molar-refractivity contribution in [1.82, 2.24) is 15.1 Å². The van der Waals surface area contributed by atoms with Gasteiger partial charge in [0.1, 0.15) is 0 Å². The molecule has 0 radical (unpaired) electrons. The van der Waals surface area contributed by atoms with Gasteiger partial charge >= 0.3 is 0 Å². The topological polar surface area (TPSA) is 27.7 Å². The number of likely N-dealkylation sites (tertiary alicyclic amines) is 1. The average Bonchev–Trinajstić information content (AvgIpc) is 2.71. The highest BCUT2D eigenvalue weighted by atomic mass is 16.5. The van der Waals surface area contributed by atoms with Crippen molar-refractivity contribution < 1.29 is 4.74 Å². The predicted molar refractivity (Wildman–Crippen MR) is 65.8 cm³/mol. The molecule has 0 spiro atoms. The Kier molecular flexibility index (Phi) is 4.19.